The van der Waals surface area contributed by atoms with Crippen molar-refractivity contribution in [2.45, 2.75) is 58.7 Å². The molecule has 2 aliphatic rings. The van der Waals surface area contributed by atoms with E-state index >= 15 is 0 Å². The number of hydrogen-bond donors (Lipinski definition) is 1. The standard InChI is InChI=1S/C23H30N4O2/c1-14(2)9-20-22(28)24-21(18-10-16-7-5-6-8-17(16)11-18)23(29)27(20)13-19-12-26(4)25-15(19)3/h5-8,12,14,18,20-21H,9-11,13H2,1-4H3,(H,24,28)/t20-,21-/m1/s1. The largest absolute Gasteiger partial charge is 0.342 e. The zero-order chi connectivity index (χ0) is 20.7. The van der Waals surface area contributed by atoms with Crippen LogP contribution in [0.4, 0.5) is 0 Å². The number of aryl methyl sites for hydroxylation is 2. The fourth-order valence-corrected chi connectivity index (χ4v) is 4.79. The number of carbonyl (C=O) groups excluding carboxylic acids is 2. The molecule has 6 heteroatoms. The zero-order valence-corrected chi connectivity index (χ0v) is 17.7. The van der Waals surface area contributed by atoms with E-state index < -0.39 is 12.1 Å². The van der Waals surface area contributed by atoms with Gasteiger partial charge in [-0.2, -0.15) is 5.10 Å². The van der Waals surface area contributed by atoms with Crippen molar-refractivity contribution < 1.29 is 9.59 Å². The molecule has 1 fully saturated rings. The summed E-state index contributed by atoms with van der Waals surface area (Å²) in [5.74, 6) is 0.446. The van der Waals surface area contributed by atoms with Gasteiger partial charge in [-0.15, -0.1) is 0 Å². The van der Waals surface area contributed by atoms with Crippen LogP contribution in [0.2, 0.25) is 0 Å². The van der Waals surface area contributed by atoms with E-state index in [1.54, 1.807) is 9.58 Å². The van der Waals surface area contributed by atoms with Crippen molar-refractivity contribution in [3.8, 4) is 0 Å². The van der Waals surface area contributed by atoms with Crippen molar-refractivity contribution in [3.63, 3.8) is 0 Å². The Labute approximate surface area is 172 Å². The minimum absolute atomic E-state index is 0.0270. The maximum atomic E-state index is 13.6. The van der Waals surface area contributed by atoms with Crippen LogP contribution in [0.5, 0.6) is 0 Å². The Bertz CT molecular complexity index is 908. The minimum atomic E-state index is -0.463. The third kappa shape index (κ3) is 3.80. The second kappa shape index (κ2) is 7.65. The third-order valence-electron chi connectivity index (χ3n) is 6.23. The van der Waals surface area contributed by atoms with E-state index in [0.717, 1.165) is 24.1 Å². The van der Waals surface area contributed by atoms with Crippen LogP contribution in [0.25, 0.3) is 0 Å². The molecule has 0 saturated carbocycles. The number of carbonyl (C=O) groups is 2. The molecule has 4 rings (SSSR count). The molecule has 0 bridgehead atoms. The van der Waals surface area contributed by atoms with Crippen LogP contribution in [0.1, 0.15) is 42.7 Å². The molecule has 1 saturated heterocycles. The third-order valence-corrected chi connectivity index (χ3v) is 6.23. The van der Waals surface area contributed by atoms with Gasteiger partial charge in [-0.25, -0.2) is 0 Å². The summed E-state index contributed by atoms with van der Waals surface area (Å²) in [6, 6.07) is 7.44. The molecule has 1 aliphatic carbocycles. The van der Waals surface area contributed by atoms with Crippen molar-refractivity contribution in [1.82, 2.24) is 20.0 Å². The van der Waals surface area contributed by atoms with Gasteiger partial charge in [0.1, 0.15) is 12.1 Å². The first kappa shape index (κ1) is 19.7. The summed E-state index contributed by atoms with van der Waals surface area (Å²) in [7, 11) is 1.88. The summed E-state index contributed by atoms with van der Waals surface area (Å²) in [5.41, 5.74) is 4.48. The number of hydrogen-bond acceptors (Lipinski definition) is 3. The molecular weight excluding hydrogens is 364 g/mol. The van der Waals surface area contributed by atoms with E-state index in [1.807, 2.05) is 32.3 Å². The number of amides is 2. The lowest BCUT2D eigenvalue weighted by Gasteiger charge is -2.41. The first-order chi connectivity index (χ1) is 13.8. The lowest BCUT2D eigenvalue weighted by molar-refractivity contribution is -0.152. The number of aromatic nitrogens is 2. The zero-order valence-electron chi connectivity index (χ0n) is 17.7. The van der Waals surface area contributed by atoms with E-state index in [-0.39, 0.29) is 17.7 Å². The Morgan fingerprint density at radius 1 is 1.17 bits per heavy atom. The van der Waals surface area contributed by atoms with Crippen molar-refractivity contribution in [2.75, 3.05) is 0 Å². The minimum Gasteiger partial charge on any atom is -0.342 e. The number of rotatable bonds is 5. The molecule has 0 radical (unpaired) electrons. The molecule has 2 atom stereocenters. The monoisotopic (exact) mass is 394 g/mol. The van der Waals surface area contributed by atoms with Crippen LogP contribution >= 0.6 is 0 Å². The van der Waals surface area contributed by atoms with Gasteiger partial charge in [-0.05, 0) is 49.1 Å². The number of piperazine rings is 1. The van der Waals surface area contributed by atoms with E-state index in [9.17, 15) is 9.59 Å². The van der Waals surface area contributed by atoms with Gasteiger partial charge in [0.15, 0.2) is 0 Å². The van der Waals surface area contributed by atoms with E-state index in [4.69, 9.17) is 0 Å². The molecule has 29 heavy (non-hydrogen) atoms. The maximum absolute atomic E-state index is 13.6. The van der Waals surface area contributed by atoms with Crippen molar-refractivity contribution in [3.05, 3.63) is 52.8 Å². The Morgan fingerprint density at radius 3 is 2.38 bits per heavy atom. The average Bonchev–Trinajstić information content (AvgIpc) is 3.23. The highest BCUT2D eigenvalue weighted by Gasteiger charge is 2.45. The summed E-state index contributed by atoms with van der Waals surface area (Å²) in [5, 5.41) is 7.49. The smallest absolute Gasteiger partial charge is 0.246 e. The van der Waals surface area contributed by atoms with Gasteiger partial charge in [-0.1, -0.05) is 38.1 Å². The van der Waals surface area contributed by atoms with Crippen LogP contribution < -0.4 is 5.32 Å². The summed E-state index contributed by atoms with van der Waals surface area (Å²) < 4.78 is 1.77. The molecule has 2 amide bonds. The molecule has 1 aromatic carbocycles. The number of fused-ring (bicyclic) bond motifs is 1. The highest BCUT2D eigenvalue weighted by atomic mass is 16.2. The highest BCUT2D eigenvalue weighted by Crippen LogP contribution is 2.32. The quantitative estimate of drug-likeness (QED) is 0.847. The fourth-order valence-electron chi connectivity index (χ4n) is 4.79. The van der Waals surface area contributed by atoms with Crippen molar-refractivity contribution in [1.29, 1.82) is 0 Å². The predicted octanol–water partition coefficient (Wildman–Crippen LogP) is 2.39. The molecule has 2 heterocycles. The molecule has 0 spiro atoms. The Morgan fingerprint density at radius 2 is 1.83 bits per heavy atom. The number of nitrogens with zero attached hydrogens (tertiary/aromatic N) is 3. The van der Waals surface area contributed by atoms with Crippen LogP contribution in [-0.2, 0) is 36.0 Å². The highest BCUT2D eigenvalue weighted by molar-refractivity contribution is 5.97. The Kier molecular flexibility index (Phi) is 5.19. The van der Waals surface area contributed by atoms with Gasteiger partial charge in [0, 0.05) is 25.4 Å². The molecule has 0 unspecified atom stereocenters. The van der Waals surface area contributed by atoms with Crippen LogP contribution in [0.3, 0.4) is 0 Å². The number of nitrogens with one attached hydrogen (secondary N) is 1. The Balaban J connectivity index is 1.61. The SMILES string of the molecule is Cc1nn(C)cc1CN1C(=O)[C@@H](C2Cc3ccccc3C2)NC(=O)[C@H]1CC(C)C. The molecular formula is C23H30N4O2. The fraction of sp³-hybridized carbons (Fsp3) is 0.522. The lowest BCUT2D eigenvalue weighted by Crippen LogP contribution is -2.65. The summed E-state index contributed by atoms with van der Waals surface area (Å²) in [6.07, 6.45) is 4.28. The normalized spacial score (nSPS) is 22.3. The Hall–Kier alpha value is -2.63. The van der Waals surface area contributed by atoms with Crippen LogP contribution in [0, 0.1) is 18.8 Å². The van der Waals surface area contributed by atoms with Crippen LogP contribution in [0.15, 0.2) is 30.5 Å². The van der Waals surface area contributed by atoms with Crippen molar-refractivity contribution in [2.24, 2.45) is 18.9 Å². The maximum Gasteiger partial charge on any atom is 0.246 e. The molecule has 6 nitrogen and oxygen atoms in total. The molecule has 1 N–H and O–H groups in total. The summed E-state index contributed by atoms with van der Waals surface area (Å²) in [4.78, 5) is 28.5. The van der Waals surface area contributed by atoms with Gasteiger partial charge >= 0.3 is 0 Å². The number of benzene rings is 1. The molecule has 1 aromatic heterocycles. The lowest BCUT2D eigenvalue weighted by atomic mass is 9.90. The molecule has 1 aliphatic heterocycles. The average molecular weight is 395 g/mol. The first-order valence-corrected chi connectivity index (χ1v) is 10.5. The van der Waals surface area contributed by atoms with E-state index in [2.05, 4.69) is 36.4 Å². The molecule has 154 valence electrons. The van der Waals surface area contributed by atoms with E-state index in [0.29, 0.717) is 18.9 Å². The van der Waals surface area contributed by atoms with Gasteiger partial charge in [0.2, 0.25) is 11.8 Å². The summed E-state index contributed by atoms with van der Waals surface area (Å²) >= 11 is 0. The van der Waals surface area contributed by atoms with Crippen molar-refractivity contribution >= 4 is 11.8 Å². The summed E-state index contributed by atoms with van der Waals surface area (Å²) in [6.45, 7) is 6.56. The van der Waals surface area contributed by atoms with Gasteiger partial charge < -0.3 is 10.2 Å². The molecule has 2 aromatic rings. The second-order valence-corrected chi connectivity index (χ2v) is 8.95. The van der Waals surface area contributed by atoms with Gasteiger partial charge in [-0.3, -0.25) is 14.3 Å². The first-order valence-electron chi connectivity index (χ1n) is 10.5. The second-order valence-electron chi connectivity index (χ2n) is 8.95. The van der Waals surface area contributed by atoms with Crippen LogP contribution in [-0.4, -0.2) is 38.6 Å². The van der Waals surface area contributed by atoms with Gasteiger partial charge in [0.05, 0.1) is 5.69 Å². The van der Waals surface area contributed by atoms with Gasteiger partial charge in [0.25, 0.3) is 0 Å². The predicted molar refractivity (Wildman–Crippen MR) is 111 cm³/mol. The van der Waals surface area contributed by atoms with E-state index in [1.165, 1.54) is 11.1 Å². The topological polar surface area (TPSA) is 67.2 Å².